The highest BCUT2D eigenvalue weighted by molar-refractivity contribution is 9.10. The number of amides is 1. The van der Waals surface area contributed by atoms with Crippen LogP contribution in [-0.4, -0.2) is 30.0 Å². The minimum absolute atomic E-state index is 0.0315. The van der Waals surface area contributed by atoms with Gasteiger partial charge in [-0.1, -0.05) is 22.0 Å². The first-order chi connectivity index (χ1) is 8.72. The molecule has 1 aliphatic heterocycles. The van der Waals surface area contributed by atoms with Crippen molar-refractivity contribution in [1.82, 2.24) is 15.6 Å². The first kappa shape index (κ1) is 11.7. The van der Waals surface area contributed by atoms with Gasteiger partial charge in [0, 0.05) is 28.0 Å². The number of hydrogen-bond donors (Lipinski definition) is 3. The fourth-order valence-electron chi connectivity index (χ4n) is 2.26. The molecule has 0 bridgehead atoms. The third-order valence-electron chi connectivity index (χ3n) is 3.22. The Morgan fingerprint density at radius 1 is 1.39 bits per heavy atom. The molecule has 18 heavy (non-hydrogen) atoms. The molecule has 0 aliphatic carbocycles. The second-order valence-corrected chi connectivity index (χ2v) is 5.49. The SMILES string of the molecule is O=C(N[C@@H]1CCNC1)c1cc2ccc(Br)cc2[nH]1. The Morgan fingerprint density at radius 2 is 2.28 bits per heavy atom. The summed E-state index contributed by atoms with van der Waals surface area (Å²) in [5.41, 5.74) is 1.59. The lowest BCUT2D eigenvalue weighted by molar-refractivity contribution is 0.0936. The van der Waals surface area contributed by atoms with Crippen LogP contribution < -0.4 is 10.6 Å². The molecule has 0 saturated carbocycles. The smallest absolute Gasteiger partial charge is 0.267 e. The maximum absolute atomic E-state index is 12.1. The maximum atomic E-state index is 12.1. The Balaban J connectivity index is 1.82. The van der Waals surface area contributed by atoms with E-state index in [1.807, 2.05) is 24.3 Å². The number of carbonyl (C=O) groups excluding carboxylic acids is 1. The molecule has 2 heterocycles. The summed E-state index contributed by atoms with van der Waals surface area (Å²) in [5.74, 6) is -0.0315. The summed E-state index contributed by atoms with van der Waals surface area (Å²) in [5, 5.41) is 7.31. The summed E-state index contributed by atoms with van der Waals surface area (Å²) >= 11 is 3.42. The summed E-state index contributed by atoms with van der Waals surface area (Å²) in [6.45, 7) is 1.84. The van der Waals surface area contributed by atoms with Gasteiger partial charge < -0.3 is 15.6 Å². The molecule has 1 aliphatic rings. The van der Waals surface area contributed by atoms with Gasteiger partial charge in [0.2, 0.25) is 0 Å². The van der Waals surface area contributed by atoms with Crippen LogP contribution in [0.4, 0.5) is 0 Å². The Morgan fingerprint density at radius 3 is 3.06 bits per heavy atom. The number of aromatic amines is 1. The topological polar surface area (TPSA) is 56.9 Å². The van der Waals surface area contributed by atoms with Crippen molar-refractivity contribution < 1.29 is 4.79 Å². The van der Waals surface area contributed by atoms with Gasteiger partial charge in [0.15, 0.2) is 0 Å². The highest BCUT2D eigenvalue weighted by Gasteiger charge is 2.18. The van der Waals surface area contributed by atoms with E-state index in [1.165, 1.54) is 0 Å². The monoisotopic (exact) mass is 307 g/mol. The minimum Gasteiger partial charge on any atom is -0.350 e. The fraction of sp³-hybridized carbons (Fsp3) is 0.308. The Bertz CT molecular complexity index is 587. The number of carbonyl (C=O) groups is 1. The summed E-state index contributed by atoms with van der Waals surface area (Å²) in [7, 11) is 0. The van der Waals surface area contributed by atoms with Gasteiger partial charge in [-0.05, 0) is 31.2 Å². The van der Waals surface area contributed by atoms with Crippen LogP contribution in [0.1, 0.15) is 16.9 Å². The van der Waals surface area contributed by atoms with E-state index in [4.69, 9.17) is 0 Å². The number of rotatable bonds is 2. The lowest BCUT2D eigenvalue weighted by Gasteiger charge is -2.09. The van der Waals surface area contributed by atoms with Crippen molar-refractivity contribution in [3.05, 3.63) is 34.4 Å². The second-order valence-electron chi connectivity index (χ2n) is 4.58. The van der Waals surface area contributed by atoms with Gasteiger partial charge in [0.25, 0.3) is 5.91 Å². The molecule has 1 aromatic heterocycles. The molecule has 4 nitrogen and oxygen atoms in total. The second kappa shape index (κ2) is 4.74. The summed E-state index contributed by atoms with van der Waals surface area (Å²) in [4.78, 5) is 15.2. The quantitative estimate of drug-likeness (QED) is 0.795. The number of fused-ring (bicyclic) bond motifs is 1. The summed E-state index contributed by atoms with van der Waals surface area (Å²) in [6.07, 6.45) is 0.998. The number of hydrogen-bond acceptors (Lipinski definition) is 2. The van der Waals surface area contributed by atoms with E-state index in [0.717, 1.165) is 34.9 Å². The van der Waals surface area contributed by atoms with Gasteiger partial charge in [-0.15, -0.1) is 0 Å². The van der Waals surface area contributed by atoms with E-state index in [9.17, 15) is 4.79 Å². The van der Waals surface area contributed by atoms with Gasteiger partial charge in [-0.2, -0.15) is 0 Å². The largest absolute Gasteiger partial charge is 0.350 e. The summed E-state index contributed by atoms with van der Waals surface area (Å²) in [6, 6.07) is 8.07. The predicted octanol–water partition coefficient (Wildman–Crippen LogP) is 2.02. The van der Waals surface area contributed by atoms with Crippen molar-refractivity contribution in [2.24, 2.45) is 0 Å². The van der Waals surface area contributed by atoms with Crippen molar-refractivity contribution in [3.63, 3.8) is 0 Å². The molecule has 3 N–H and O–H groups in total. The summed E-state index contributed by atoms with van der Waals surface area (Å²) < 4.78 is 1.00. The molecule has 3 rings (SSSR count). The highest BCUT2D eigenvalue weighted by Crippen LogP contribution is 2.20. The molecule has 1 amide bonds. The van der Waals surface area contributed by atoms with E-state index in [0.29, 0.717) is 5.69 Å². The van der Waals surface area contributed by atoms with E-state index in [1.54, 1.807) is 0 Å². The molecular formula is C13H14BrN3O. The Hall–Kier alpha value is -1.33. The molecule has 0 spiro atoms. The molecule has 1 saturated heterocycles. The number of aromatic nitrogens is 1. The average molecular weight is 308 g/mol. The molecule has 0 unspecified atom stereocenters. The standard InChI is InChI=1S/C13H14BrN3O/c14-9-2-1-8-5-12(17-11(8)6-9)13(18)16-10-3-4-15-7-10/h1-2,5-6,10,15,17H,3-4,7H2,(H,16,18)/t10-/m1/s1. The van der Waals surface area contributed by atoms with Gasteiger partial charge in [0.05, 0.1) is 0 Å². The van der Waals surface area contributed by atoms with E-state index in [-0.39, 0.29) is 11.9 Å². The third kappa shape index (κ3) is 2.28. The first-order valence-corrected chi connectivity index (χ1v) is 6.81. The number of halogens is 1. The van der Waals surface area contributed by atoms with E-state index >= 15 is 0 Å². The molecule has 1 fully saturated rings. The number of benzene rings is 1. The minimum atomic E-state index is -0.0315. The molecular weight excluding hydrogens is 294 g/mol. The predicted molar refractivity (Wildman–Crippen MR) is 74.7 cm³/mol. The Kier molecular flexibility index (Phi) is 3.09. The van der Waals surface area contributed by atoms with Crippen LogP contribution in [-0.2, 0) is 0 Å². The van der Waals surface area contributed by atoms with Crippen molar-refractivity contribution in [3.8, 4) is 0 Å². The lowest BCUT2D eigenvalue weighted by atomic mass is 10.2. The van der Waals surface area contributed by atoms with Crippen LogP contribution >= 0.6 is 15.9 Å². The van der Waals surface area contributed by atoms with Crippen molar-refractivity contribution >= 4 is 32.7 Å². The molecule has 1 atom stereocenters. The van der Waals surface area contributed by atoms with Crippen molar-refractivity contribution in [2.45, 2.75) is 12.5 Å². The molecule has 94 valence electrons. The van der Waals surface area contributed by atoms with Crippen LogP contribution in [0.3, 0.4) is 0 Å². The molecule has 5 heteroatoms. The molecule has 0 radical (unpaired) electrons. The van der Waals surface area contributed by atoms with Crippen LogP contribution in [0.25, 0.3) is 10.9 Å². The fourth-order valence-corrected chi connectivity index (χ4v) is 2.62. The highest BCUT2D eigenvalue weighted by atomic mass is 79.9. The van der Waals surface area contributed by atoms with E-state index in [2.05, 4.69) is 31.5 Å². The zero-order valence-electron chi connectivity index (χ0n) is 9.79. The Labute approximate surface area is 113 Å². The van der Waals surface area contributed by atoms with Crippen molar-refractivity contribution in [1.29, 1.82) is 0 Å². The van der Waals surface area contributed by atoms with Gasteiger partial charge in [-0.3, -0.25) is 4.79 Å². The maximum Gasteiger partial charge on any atom is 0.267 e. The normalized spacial score (nSPS) is 19.3. The lowest BCUT2D eigenvalue weighted by Crippen LogP contribution is -2.36. The zero-order chi connectivity index (χ0) is 12.5. The van der Waals surface area contributed by atoms with Gasteiger partial charge in [-0.25, -0.2) is 0 Å². The van der Waals surface area contributed by atoms with Crippen molar-refractivity contribution in [2.75, 3.05) is 13.1 Å². The zero-order valence-corrected chi connectivity index (χ0v) is 11.4. The van der Waals surface area contributed by atoms with Crippen LogP contribution in [0.5, 0.6) is 0 Å². The van der Waals surface area contributed by atoms with Crippen LogP contribution in [0.15, 0.2) is 28.7 Å². The van der Waals surface area contributed by atoms with Gasteiger partial charge in [0.1, 0.15) is 5.69 Å². The molecule has 2 aromatic rings. The average Bonchev–Trinajstić information content (AvgIpc) is 2.96. The first-order valence-electron chi connectivity index (χ1n) is 6.02. The number of nitrogens with one attached hydrogen (secondary N) is 3. The number of H-pyrrole nitrogens is 1. The van der Waals surface area contributed by atoms with E-state index < -0.39 is 0 Å². The van der Waals surface area contributed by atoms with Crippen LogP contribution in [0.2, 0.25) is 0 Å². The van der Waals surface area contributed by atoms with Crippen LogP contribution in [0, 0.1) is 0 Å². The van der Waals surface area contributed by atoms with Gasteiger partial charge >= 0.3 is 0 Å². The molecule has 1 aromatic carbocycles. The third-order valence-corrected chi connectivity index (χ3v) is 3.72.